The third-order valence-electron chi connectivity index (χ3n) is 4.75. The highest BCUT2D eigenvalue weighted by Crippen LogP contribution is 2.40. The van der Waals surface area contributed by atoms with Crippen LogP contribution in [0.25, 0.3) is 0 Å². The molecule has 0 aliphatic heterocycles. The highest BCUT2D eigenvalue weighted by molar-refractivity contribution is 5.04. The van der Waals surface area contributed by atoms with Gasteiger partial charge in [0.2, 0.25) is 0 Å². The fraction of sp³-hybridized carbons (Fsp3) is 1.00. The summed E-state index contributed by atoms with van der Waals surface area (Å²) in [5, 5.41) is 0. The van der Waals surface area contributed by atoms with Gasteiger partial charge in [-0.15, -0.1) is 0 Å². The number of nitrogens with two attached hydrogens (primary N) is 1. The van der Waals surface area contributed by atoms with E-state index in [1.54, 1.807) is 0 Å². The van der Waals surface area contributed by atoms with Gasteiger partial charge >= 0.3 is 0 Å². The average molecular weight is 240 g/mol. The van der Waals surface area contributed by atoms with Gasteiger partial charge in [-0.3, -0.25) is 4.90 Å². The van der Waals surface area contributed by atoms with Crippen molar-refractivity contribution in [3.8, 4) is 0 Å². The van der Waals surface area contributed by atoms with E-state index in [-0.39, 0.29) is 5.54 Å². The number of rotatable bonds is 7. The van der Waals surface area contributed by atoms with Crippen molar-refractivity contribution < 1.29 is 4.74 Å². The lowest BCUT2D eigenvalue weighted by Gasteiger charge is -2.54. The first-order valence-corrected chi connectivity index (χ1v) is 7.30. The summed E-state index contributed by atoms with van der Waals surface area (Å²) in [6.45, 7) is 8.36. The van der Waals surface area contributed by atoms with Crippen molar-refractivity contribution in [3.05, 3.63) is 0 Å². The summed E-state index contributed by atoms with van der Waals surface area (Å²) < 4.78 is 5.69. The molecule has 2 saturated carbocycles. The quantitative estimate of drug-likeness (QED) is 0.740. The Morgan fingerprint density at radius 3 is 2.41 bits per heavy atom. The minimum absolute atomic E-state index is 0.254. The van der Waals surface area contributed by atoms with E-state index < -0.39 is 0 Å². The topological polar surface area (TPSA) is 38.5 Å². The van der Waals surface area contributed by atoms with E-state index in [1.165, 1.54) is 25.8 Å². The van der Waals surface area contributed by atoms with E-state index in [4.69, 9.17) is 10.5 Å². The van der Waals surface area contributed by atoms with Gasteiger partial charge in [0.15, 0.2) is 0 Å². The smallest absolute Gasteiger partial charge is 0.0611 e. The van der Waals surface area contributed by atoms with E-state index in [0.29, 0.717) is 6.10 Å². The van der Waals surface area contributed by atoms with Crippen molar-refractivity contribution in [3.63, 3.8) is 0 Å². The highest BCUT2D eigenvalue weighted by Gasteiger charge is 2.48. The minimum atomic E-state index is 0.254. The van der Waals surface area contributed by atoms with Crippen LogP contribution >= 0.6 is 0 Å². The second-order valence-corrected chi connectivity index (χ2v) is 5.75. The first-order valence-electron chi connectivity index (χ1n) is 7.30. The Hall–Kier alpha value is -0.120. The Labute approximate surface area is 106 Å². The molecule has 0 aromatic rings. The SMILES string of the molecule is CCOC1CC(CN)(N(CC)CC2CCC2)C1. The van der Waals surface area contributed by atoms with E-state index >= 15 is 0 Å². The van der Waals surface area contributed by atoms with Crippen LogP contribution in [0, 0.1) is 5.92 Å². The zero-order valence-electron chi connectivity index (χ0n) is 11.5. The molecule has 0 atom stereocenters. The first kappa shape index (κ1) is 13.3. The molecular weight excluding hydrogens is 212 g/mol. The van der Waals surface area contributed by atoms with Crippen LogP contribution in [0.4, 0.5) is 0 Å². The van der Waals surface area contributed by atoms with Gasteiger partial charge in [0.25, 0.3) is 0 Å². The lowest BCUT2D eigenvalue weighted by atomic mass is 9.71. The number of likely N-dealkylation sites (N-methyl/N-ethyl adjacent to an activating group) is 1. The maximum absolute atomic E-state index is 6.04. The average Bonchev–Trinajstić information content (AvgIpc) is 2.23. The Bertz CT molecular complexity index is 234. The van der Waals surface area contributed by atoms with E-state index in [1.807, 2.05) is 0 Å². The molecule has 0 radical (unpaired) electrons. The molecule has 0 saturated heterocycles. The number of hydrogen-bond acceptors (Lipinski definition) is 3. The lowest BCUT2D eigenvalue weighted by molar-refractivity contribution is -0.105. The van der Waals surface area contributed by atoms with Gasteiger partial charge in [0.1, 0.15) is 0 Å². The number of hydrogen-bond donors (Lipinski definition) is 1. The molecule has 0 spiro atoms. The summed E-state index contributed by atoms with van der Waals surface area (Å²) in [7, 11) is 0. The van der Waals surface area contributed by atoms with Gasteiger partial charge in [0.05, 0.1) is 6.10 Å². The Morgan fingerprint density at radius 1 is 1.29 bits per heavy atom. The molecule has 17 heavy (non-hydrogen) atoms. The molecule has 2 rings (SSSR count). The van der Waals surface area contributed by atoms with Crippen molar-refractivity contribution in [1.29, 1.82) is 0 Å². The van der Waals surface area contributed by atoms with Gasteiger partial charge in [0, 0.05) is 25.2 Å². The molecule has 3 nitrogen and oxygen atoms in total. The molecule has 2 aliphatic carbocycles. The predicted molar refractivity (Wildman–Crippen MR) is 71.0 cm³/mol. The van der Waals surface area contributed by atoms with E-state index in [9.17, 15) is 0 Å². The standard InChI is InChI=1S/C14H28N2O/c1-3-16(10-12-6-5-7-12)14(11-15)8-13(9-14)17-4-2/h12-13H,3-11,15H2,1-2H3. The molecule has 0 bridgehead atoms. The monoisotopic (exact) mass is 240 g/mol. The predicted octanol–water partition coefficient (Wildman–Crippen LogP) is 2.00. The first-order chi connectivity index (χ1) is 8.24. The Morgan fingerprint density at radius 2 is 2.00 bits per heavy atom. The zero-order valence-corrected chi connectivity index (χ0v) is 11.5. The summed E-state index contributed by atoms with van der Waals surface area (Å²) in [4.78, 5) is 2.63. The van der Waals surface area contributed by atoms with Crippen LogP contribution in [-0.2, 0) is 4.74 Å². The summed E-state index contributed by atoms with van der Waals surface area (Å²) >= 11 is 0. The van der Waals surface area contributed by atoms with E-state index in [2.05, 4.69) is 18.7 Å². The molecule has 2 fully saturated rings. The Balaban J connectivity index is 1.87. The summed E-state index contributed by atoms with van der Waals surface area (Å²) in [6, 6.07) is 0. The van der Waals surface area contributed by atoms with Crippen molar-refractivity contribution in [2.24, 2.45) is 11.7 Å². The molecule has 0 heterocycles. The van der Waals surface area contributed by atoms with Crippen LogP contribution in [0.1, 0.15) is 46.0 Å². The van der Waals surface area contributed by atoms with Crippen LogP contribution in [0.5, 0.6) is 0 Å². The summed E-state index contributed by atoms with van der Waals surface area (Å²) in [5.74, 6) is 0.935. The van der Waals surface area contributed by atoms with Gasteiger partial charge in [-0.05, 0) is 45.1 Å². The zero-order chi connectivity index (χ0) is 12.3. The fourth-order valence-electron chi connectivity index (χ4n) is 3.34. The van der Waals surface area contributed by atoms with Crippen LogP contribution in [-0.4, -0.2) is 42.8 Å². The molecule has 0 aromatic carbocycles. The molecule has 0 amide bonds. The molecule has 0 unspecified atom stereocenters. The number of nitrogens with zero attached hydrogens (tertiary/aromatic N) is 1. The lowest BCUT2D eigenvalue weighted by Crippen LogP contribution is -2.64. The van der Waals surface area contributed by atoms with Gasteiger partial charge in [-0.2, -0.15) is 0 Å². The molecule has 100 valence electrons. The molecule has 0 aromatic heterocycles. The maximum Gasteiger partial charge on any atom is 0.0611 e. The van der Waals surface area contributed by atoms with Gasteiger partial charge in [-0.25, -0.2) is 0 Å². The summed E-state index contributed by atoms with van der Waals surface area (Å²) in [6.07, 6.45) is 7.01. The highest BCUT2D eigenvalue weighted by atomic mass is 16.5. The molecular formula is C14H28N2O. The fourth-order valence-corrected chi connectivity index (χ4v) is 3.34. The normalized spacial score (nSPS) is 33.5. The van der Waals surface area contributed by atoms with Crippen LogP contribution in [0.2, 0.25) is 0 Å². The molecule has 3 heteroatoms. The van der Waals surface area contributed by atoms with Crippen LogP contribution in [0.15, 0.2) is 0 Å². The molecule has 2 N–H and O–H groups in total. The molecule has 2 aliphatic rings. The second-order valence-electron chi connectivity index (χ2n) is 5.75. The van der Waals surface area contributed by atoms with Crippen LogP contribution < -0.4 is 5.73 Å². The number of ether oxygens (including phenoxy) is 1. The van der Waals surface area contributed by atoms with Gasteiger partial charge < -0.3 is 10.5 Å². The maximum atomic E-state index is 6.04. The third-order valence-corrected chi connectivity index (χ3v) is 4.75. The third kappa shape index (κ3) is 2.67. The largest absolute Gasteiger partial charge is 0.378 e. The summed E-state index contributed by atoms with van der Waals surface area (Å²) in [5.41, 5.74) is 6.30. The second kappa shape index (κ2) is 5.68. The van der Waals surface area contributed by atoms with Crippen molar-refractivity contribution >= 4 is 0 Å². The van der Waals surface area contributed by atoms with Crippen LogP contribution in [0.3, 0.4) is 0 Å². The van der Waals surface area contributed by atoms with E-state index in [0.717, 1.165) is 38.5 Å². The minimum Gasteiger partial charge on any atom is -0.378 e. The van der Waals surface area contributed by atoms with Gasteiger partial charge in [-0.1, -0.05) is 13.3 Å². The van der Waals surface area contributed by atoms with Crippen molar-refractivity contribution in [2.75, 3.05) is 26.2 Å². The Kier molecular flexibility index (Phi) is 4.45. The van der Waals surface area contributed by atoms with Crippen molar-refractivity contribution in [2.45, 2.75) is 57.6 Å². The van der Waals surface area contributed by atoms with Crippen molar-refractivity contribution in [1.82, 2.24) is 4.90 Å².